The summed E-state index contributed by atoms with van der Waals surface area (Å²) < 4.78 is 16.7. The van der Waals surface area contributed by atoms with Crippen molar-refractivity contribution in [3.05, 3.63) is 89.5 Å². The minimum atomic E-state index is 0.689. The second-order valence-electron chi connectivity index (χ2n) is 5.74. The Morgan fingerprint density at radius 2 is 1.23 bits per heavy atom. The molecule has 0 atom stereocenters. The molecule has 0 saturated carbocycles. The van der Waals surface area contributed by atoms with Gasteiger partial charge in [-0.1, -0.05) is 60.7 Å². The van der Waals surface area contributed by atoms with E-state index in [-0.39, 0.29) is 0 Å². The second-order valence-corrected chi connectivity index (χ2v) is 5.74. The Morgan fingerprint density at radius 1 is 0.692 bits per heavy atom. The van der Waals surface area contributed by atoms with Gasteiger partial charge in [0.1, 0.15) is 17.2 Å². The molecule has 3 rings (SSSR count). The monoisotopic (exact) mass is 346 g/mol. The summed E-state index contributed by atoms with van der Waals surface area (Å²) >= 11 is 0. The number of hydrogen-bond acceptors (Lipinski definition) is 3. The zero-order chi connectivity index (χ0) is 18.4. The molecule has 0 radical (unpaired) electrons. The fourth-order valence-corrected chi connectivity index (χ4v) is 2.90. The van der Waals surface area contributed by atoms with Gasteiger partial charge < -0.3 is 14.2 Å². The molecular weight excluding hydrogens is 324 g/mol. The highest BCUT2D eigenvalue weighted by atomic mass is 16.5. The molecule has 0 unspecified atom stereocenters. The zero-order valence-corrected chi connectivity index (χ0v) is 15.2. The van der Waals surface area contributed by atoms with Gasteiger partial charge in [0.25, 0.3) is 0 Å². The number of rotatable bonds is 6. The maximum Gasteiger partial charge on any atom is 0.134 e. The van der Waals surface area contributed by atoms with E-state index < -0.39 is 0 Å². The fourth-order valence-electron chi connectivity index (χ4n) is 2.90. The zero-order valence-electron chi connectivity index (χ0n) is 15.2. The van der Waals surface area contributed by atoms with Crippen molar-refractivity contribution in [1.82, 2.24) is 0 Å². The third-order valence-electron chi connectivity index (χ3n) is 4.18. The second kappa shape index (κ2) is 8.26. The molecule has 0 aliphatic rings. The van der Waals surface area contributed by atoms with Crippen LogP contribution in [0.2, 0.25) is 0 Å². The summed E-state index contributed by atoms with van der Waals surface area (Å²) in [5, 5.41) is 0. The van der Waals surface area contributed by atoms with Gasteiger partial charge in [-0.15, -0.1) is 0 Å². The van der Waals surface area contributed by atoms with E-state index in [4.69, 9.17) is 14.2 Å². The van der Waals surface area contributed by atoms with Gasteiger partial charge >= 0.3 is 0 Å². The van der Waals surface area contributed by atoms with Crippen molar-refractivity contribution in [3.8, 4) is 17.2 Å². The Kier molecular flexibility index (Phi) is 5.59. The summed E-state index contributed by atoms with van der Waals surface area (Å²) in [5.74, 6) is 2.09. The summed E-state index contributed by atoms with van der Waals surface area (Å²) in [7, 11) is 4.94. The first-order valence-electron chi connectivity index (χ1n) is 8.39. The largest absolute Gasteiger partial charge is 0.496 e. The predicted octanol–water partition coefficient (Wildman–Crippen LogP) is 5.30. The highest BCUT2D eigenvalue weighted by Crippen LogP contribution is 2.42. The van der Waals surface area contributed by atoms with Crippen LogP contribution >= 0.6 is 0 Å². The van der Waals surface area contributed by atoms with Crippen molar-refractivity contribution in [2.45, 2.75) is 0 Å². The molecule has 0 amide bonds. The highest BCUT2D eigenvalue weighted by Gasteiger charge is 2.18. The fraction of sp³-hybridized carbons (Fsp3) is 0.130. The first-order valence-corrected chi connectivity index (χ1v) is 8.39. The van der Waals surface area contributed by atoms with Crippen molar-refractivity contribution in [2.24, 2.45) is 0 Å². The Hall–Kier alpha value is -3.20. The molecule has 0 aliphatic carbocycles. The van der Waals surface area contributed by atoms with Crippen molar-refractivity contribution in [2.75, 3.05) is 21.3 Å². The van der Waals surface area contributed by atoms with E-state index in [1.54, 1.807) is 21.3 Å². The summed E-state index contributed by atoms with van der Waals surface area (Å²) in [6, 6.07) is 24.2. The Bertz CT molecular complexity index is 859. The molecule has 3 aromatic rings. The standard InChI is InChI=1S/C23H22O3/c1-24-19-15-21(25-2)23(22(16-19)26-3)20(18-12-8-5-9-13-18)14-17-10-6-4-7-11-17/h4-16H,1-3H3/b20-14-. The van der Waals surface area contributed by atoms with Crippen molar-refractivity contribution >= 4 is 11.6 Å². The van der Waals surface area contributed by atoms with Crippen LogP contribution in [-0.2, 0) is 0 Å². The average Bonchev–Trinajstić information content (AvgIpc) is 2.72. The third-order valence-corrected chi connectivity index (χ3v) is 4.18. The van der Waals surface area contributed by atoms with Gasteiger partial charge in [0.15, 0.2) is 0 Å². The predicted molar refractivity (Wildman–Crippen MR) is 106 cm³/mol. The molecule has 132 valence electrons. The Balaban J connectivity index is 2.28. The van der Waals surface area contributed by atoms with Gasteiger partial charge in [-0.3, -0.25) is 0 Å². The van der Waals surface area contributed by atoms with Crippen LogP contribution in [0.25, 0.3) is 11.6 Å². The lowest BCUT2D eigenvalue weighted by atomic mass is 9.94. The van der Waals surface area contributed by atoms with E-state index in [0.29, 0.717) is 17.2 Å². The molecule has 3 heteroatoms. The lowest BCUT2D eigenvalue weighted by Crippen LogP contribution is -1.99. The van der Waals surface area contributed by atoms with Crippen LogP contribution in [0.15, 0.2) is 72.8 Å². The highest BCUT2D eigenvalue weighted by molar-refractivity contribution is 5.95. The van der Waals surface area contributed by atoms with Gasteiger partial charge in [-0.05, 0) is 22.8 Å². The van der Waals surface area contributed by atoms with Gasteiger partial charge in [0.2, 0.25) is 0 Å². The summed E-state index contributed by atoms with van der Waals surface area (Å²) in [6.45, 7) is 0. The maximum absolute atomic E-state index is 5.67. The Labute approximate surface area is 154 Å². The van der Waals surface area contributed by atoms with Gasteiger partial charge in [0.05, 0.1) is 26.9 Å². The lowest BCUT2D eigenvalue weighted by Gasteiger charge is -2.18. The molecule has 3 nitrogen and oxygen atoms in total. The quantitative estimate of drug-likeness (QED) is 0.567. The molecule has 26 heavy (non-hydrogen) atoms. The van der Waals surface area contributed by atoms with E-state index in [9.17, 15) is 0 Å². The number of ether oxygens (including phenoxy) is 3. The third kappa shape index (κ3) is 3.72. The number of benzene rings is 3. The molecule has 0 bridgehead atoms. The van der Waals surface area contributed by atoms with Crippen LogP contribution in [0.5, 0.6) is 17.2 Å². The number of methoxy groups -OCH3 is 3. The van der Waals surface area contributed by atoms with E-state index >= 15 is 0 Å². The summed E-state index contributed by atoms with van der Waals surface area (Å²) in [6.07, 6.45) is 2.14. The van der Waals surface area contributed by atoms with Crippen molar-refractivity contribution in [3.63, 3.8) is 0 Å². The summed E-state index contributed by atoms with van der Waals surface area (Å²) in [4.78, 5) is 0. The van der Waals surface area contributed by atoms with Gasteiger partial charge in [-0.2, -0.15) is 0 Å². The van der Waals surface area contributed by atoms with Crippen LogP contribution in [0.4, 0.5) is 0 Å². The topological polar surface area (TPSA) is 27.7 Å². The molecule has 0 fully saturated rings. The Morgan fingerprint density at radius 3 is 1.73 bits per heavy atom. The van der Waals surface area contributed by atoms with Crippen molar-refractivity contribution < 1.29 is 14.2 Å². The molecule has 0 aliphatic heterocycles. The van der Waals surface area contributed by atoms with Crippen LogP contribution < -0.4 is 14.2 Å². The van der Waals surface area contributed by atoms with Gasteiger partial charge in [-0.25, -0.2) is 0 Å². The minimum Gasteiger partial charge on any atom is -0.496 e. The molecule has 0 saturated heterocycles. The molecule has 0 spiro atoms. The van der Waals surface area contributed by atoms with E-state index in [1.165, 1.54) is 0 Å². The SMILES string of the molecule is COc1cc(OC)c(/C(=C\c2ccccc2)c2ccccc2)c(OC)c1. The molecule has 0 N–H and O–H groups in total. The van der Waals surface area contributed by atoms with Crippen LogP contribution in [0.1, 0.15) is 16.7 Å². The van der Waals surface area contributed by atoms with Crippen LogP contribution in [-0.4, -0.2) is 21.3 Å². The minimum absolute atomic E-state index is 0.689. The maximum atomic E-state index is 5.67. The molecule has 3 aromatic carbocycles. The molecule has 0 heterocycles. The normalized spacial score (nSPS) is 11.1. The van der Waals surface area contributed by atoms with E-state index in [0.717, 1.165) is 22.3 Å². The first-order chi connectivity index (χ1) is 12.8. The van der Waals surface area contributed by atoms with Crippen molar-refractivity contribution in [1.29, 1.82) is 0 Å². The molecule has 0 aromatic heterocycles. The van der Waals surface area contributed by atoms with E-state index in [2.05, 4.69) is 30.3 Å². The molecular formula is C23H22O3. The van der Waals surface area contributed by atoms with Crippen LogP contribution in [0.3, 0.4) is 0 Å². The van der Waals surface area contributed by atoms with Gasteiger partial charge in [0, 0.05) is 12.1 Å². The van der Waals surface area contributed by atoms with E-state index in [1.807, 2.05) is 48.5 Å². The lowest BCUT2D eigenvalue weighted by molar-refractivity contribution is 0.374. The first kappa shape index (κ1) is 17.6. The average molecular weight is 346 g/mol. The summed E-state index contributed by atoms with van der Waals surface area (Å²) in [5.41, 5.74) is 4.10. The van der Waals surface area contributed by atoms with Crippen LogP contribution in [0, 0.1) is 0 Å². The smallest absolute Gasteiger partial charge is 0.134 e. The number of hydrogen-bond donors (Lipinski definition) is 0.